The third-order valence-corrected chi connectivity index (χ3v) is 3.44. The van der Waals surface area contributed by atoms with Crippen LogP contribution in [0.3, 0.4) is 0 Å². The van der Waals surface area contributed by atoms with Crippen molar-refractivity contribution in [3.63, 3.8) is 0 Å². The lowest BCUT2D eigenvalue weighted by Gasteiger charge is -2.11. The lowest BCUT2D eigenvalue weighted by molar-refractivity contribution is 0.0527. The van der Waals surface area contributed by atoms with E-state index < -0.39 is 12.0 Å². The first-order valence-electron chi connectivity index (χ1n) is 7.16. The van der Waals surface area contributed by atoms with Crippen molar-refractivity contribution in [1.82, 2.24) is 5.32 Å². The summed E-state index contributed by atoms with van der Waals surface area (Å²) in [6, 6.07) is 13.5. The van der Waals surface area contributed by atoms with Gasteiger partial charge in [0.15, 0.2) is 0 Å². The Morgan fingerprint density at radius 2 is 1.78 bits per heavy atom. The Labute approximate surface area is 139 Å². The minimum atomic E-state index is -0.477. The maximum absolute atomic E-state index is 12.0. The highest BCUT2D eigenvalue weighted by molar-refractivity contribution is 6.31. The van der Waals surface area contributed by atoms with Crippen LogP contribution in [0.1, 0.15) is 22.8 Å². The van der Waals surface area contributed by atoms with Gasteiger partial charge < -0.3 is 15.4 Å². The summed E-state index contributed by atoms with van der Waals surface area (Å²) in [5.41, 5.74) is 1.51. The van der Waals surface area contributed by atoms with E-state index in [1.54, 1.807) is 37.3 Å². The minimum Gasteiger partial charge on any atom is -0.462 e. The van der Waals surface area contributed by atoms with Gasteiger partial charge >= 0.3 is 12.0 Å². The molecule has 6 heteroatoms. The van der Waals surface area contributed by atoms with Crippen molar-refractivity contribution in [2.75, 3.05) is 11.9 Å². The monoisotopic (exact) mass is 332 g/mol. The topological polar surface area (TPSA) is 67.4 Å². The van der Waals surface area contributed by atoms with Crippen molar-refractivity contribution < 1.29 is 14.3 Å². The van der Waals surface area contributed by atoms with Gasteiger partial charge in [0.05, 0.1) is 17.9 Å². The van der Waals surface area contributed by atoms with Gasteiger partial charge in [-0.3, -0.25) is 0 Å². The molecule has 120 valence electrons. The van der Waals surface area contributed by atoms with Crippen LogP contribution in [-0.4, -0.2) is 18.6 Å². The Morgan fingerprint density at radius 1 is 1.09 bits per heavy atom. The van der Waals surface area contributed by atoms with Gasteiger partial charge in [-0.1, -0.05) is 41.9 Å². The molecule has 0 bridgehead atoms. The molecule has 5 nitrogen and oxygen atoms in total. The average Bonchev–Trinajstić information content (AvgIpc) is 2.55. The zero-order chi connectivity index (χ0) is 16.7. The molecule has 2 rings (SSSR count). The predicted octanol–water partition coefficient (Wildman–Crippen LogP) is 3.84. The number of anilines is 1. The van der Waals surface area contributed by atoms with Crippen LogP contribution < -0.4 is 10.6 Å². The quantitative estimate of drug-likeness (QED) is 0.817. The first kappa shape index (κ1) is 16.8. The molecule has 0 aromatic heterocycles. The molecule has 2 aromatic carbocycles. The number of urea groups is 1. The fourth-order valence-electron chi connectivity index (χ4n) is 1.96. The van der Waals surface area contributed by atoms with Crippen molar-refractivity contribution in [2.24, 2.45) is 0 Å². The van der Waals surface area contributed by atoms with E-state index in [2.05, 4.69) is 10.6 Å². The molecule has 0 unspecified atom stereocenters. The second-order valence-electron chi connectivity index (χ2n) is 4.67. The molecule has 0 spiro atoms. The largest absolute Gasteiger partial charge is 0.462 e. The molecule has 0 atom stereocenters. The normalized spacial score (nSPS) is 10.0. The summed E-state index contributed by atoms with van der Waals surface area (Å²) in [6.07, 6.45) is 0. The van der Waals surface area contributed by atoms with Crippen molar-refractivity contribution in [3.05, 3.63) is 64.7 Å². The van der Waals surface area contributed by atoms with Gasteiger partial charge in [-0.05, 0) is 30.7 Å². The summed E-state index contributed by atoms with van der Waals surface area (Å²) in [6.45, 7) is 2.28. The third-order valence-electron chi connectivity index (χ3n) is 3.07. The summed E-state index contributed by atoms with van der Waals surface area (Å²) >= 11 is 6.04. The standard InChI is InChI=1S/C17H17ClN2O3/c1-2-23-16(21)13-8-4-6-10-15(13)20-17(22)19-11-12-7-3-5-9-14(12)18/h3-10H,2,11H2,1H3,(H2,19,20,22). The summed E-state index contributed by atoms with van der Waals surface area (Å²) in [5, 5.41) is 5.93. The minimum absolute atomic E-state index is 0.270. The van der Waals surface area contributed by atoms with Crippen LogP contribution in [0.5, 0.6) is 0 Å². The highest BCUT2D eigenvalue weighted by Gasteiger charge is 2.13. The van der Waals surface area contributed by atoms with E-state index in [9.17, 15) is 9.59 Å². The molecule has 0 aliphatic carbocycles. The summed E-state index contributed by atoms with van der Waals surface area (Å²) < 4.78 is 4.97. The van der Waals surface area contributed by atoms with Crippen molar-refractivity contribution >= 4 is 29.3 Å². The number of amides is 2. The van der Waals surface area contributed by atoms with Crippen molar-refractivity contribution in [2.45, 2.75) is 13.5 Å². The summed E-state index contributed by atoms with van der Waals surface area (Å²) in [4.78, 5) is 23.9. The fourth-order valence-corrected chi connectivity index (χ4v) is 2.17. The number of rotatable bonds is 5. The van der Waals surface area contributed by atoms with Gasteiger partial charge in [0, 0.05) is 11.6 Å². The molecule has 0 saturated heterocycles. The molecular formula is C17H17ClN2O3. The molecule has 0 aliphatic rings. The van der Waals surface area contributed by atoms with Gasteiger partial charge in [0.25, 0.3) is 0 Å². The van der Waals surface area contributed by atoms with Gasteiger partial charge in [-0.15, -0.1) is 0 Å². The molecule has 2 amide bonds. The van der Waals surface area contributed by atoms with Crippen LogP contribution in [0.2, 0.25) is 5.02 Å². The Kier molecular flexibility index (Phi) is 6.00. The molecule has 23 heavy (non-hydrogen) atoms. The van der Waals surface area contributed by atoms with Crippen molar-refractivity contribution in [1.29, 1.82) is 0 Å². The number of para-hydroxylation sites is 1. The van der Waals surface area contributed by atoms with Crippen LogP contribution in [-0.2, 0) is 11.3 Å². The van der Waals surface area contributed by atoms with E-state index in [1.807, 2.05) is 18.2 Å². The Hall–Kier alpha value is -2.53. The zero-order valence-electron chi connectivity index (χ0n) is 12.6. The lowest BCUT2D eigenvalue weighted by atomic mass is 10.2. The number of hydrogen-bond acceptors (Lipinski definition) is 3. The molecule has 0 heterocycles. The number of ether oxygens (including phenoxy) is 1. The second kappa shape index (κ2) is 8.19. The highest BCUT2D eigenvalue weighted by Crippen LogP contribution is 2.17. The highest BCUT2D eigenvalue weighted by atomic mass is 35.5. The van der Waals surface area contributed by atoms with Crippen LogP contribution in [0.15, 0.2) is 48.5 Å². The van der Waals surface area contributed by atoms with Crippen molar-refractivity contribution in [3.8, 4) is 0 Å². The van der Waals surface area contributed by atoms with E-state index in [4.69, 9.17) is 16.3 Å². The molecule has 0 fully saturated rings. The van der Waals surface area contributed by atoms with Gasteiger partial charge in [0.2, 0.25) is 0 Å². The number of esters is 1. The molecule has 2 aromatic rings. The Morgan fingerprint density at radius 3 is 2.52 bits per heavy atom. The number of benzene rings is 2. The number of nitrogens with one attached hydrogen (secondary N) is 2. The van der Waals surface area contributed by atoms with Crippen LogP contribution in [0, 0.1) is 0 Å². The zero-order valence-corrected chi connectivity index (χ0v) is 13.4. The third kappa shape index (κ3) is 4.72. The van der Waals surface area contributed by atoms with Crippen LogP contribution in [0.4, 0.5) is 10.5 Å². The maximum atomic E-state index is 12.0. The number of hydrogen-bond donors (Lipinski definition) is 2. The molecule has 2 N–H and O–H groups in total. The summed E-state index contributed by atoms with van der Waals surface area (Å²) in [5.74, 6) is -0.477. The summed E-state index contributed by atoms with van der Waals surface area (Å²) in [7, 11) is 0. The van der Waals surface area contributed by atoms with E-state index in [0.29, 0.717) is 16.3 Å². The SMILES string of the molecule is CCOC(=O)c1ccccc1NC(=O)NCc1ccccc1Cl. The molecule has 0 radical (unpaired) electrons. The number of carbonyl (C=O) groups excluding carboxylic acids is 2. The maximum Gasteiger partial charge on any atom is 0.340 e. The molecular weight excluding hydrogens is 316 g/mol. The smallest absolute Gasteiger partial charge is 0.340 e. The van der Waals surface area contributed by atoms with E-state index in [1.165, 1.54) is 0 Å². The lowest BCUT2D eigenvalue weighted by Crippen LogP contribution is -2.29. The average molecular weight is 333 g/mol. The molecule has 0 saturated carbocycles. The Bertz CT molecular complexity index is 704. The Balaban J connectivity index is 2.01. The van der Waals surface area contributed by atoms with Gasteiger partial charge in [0.1, 0.15) is 0 Å². The number of carbonyl (C=O) groups is 2. The fraction of sp³-hybridized carbons (Fsp3) is 0.176. The van der Waals surface area contributed by atoms with Gasteiger partial charge in [-0.25, -0.2) is 9.59 Å². The van der Waals surface area contributed by atoms with Gasteiger partial charge in [-0.2, -0.15) is 0 Å². The van der Waals surface area contributed by atoms with Crippen LogP contribution in [0.25, 0.3) is 0 Å². The first-order chi connectivity index (χ1) is 11.1. The number of halogens is 1. The second-order valence-corrected chi connectivity index (χ2v) is 5.07. The first-order valence-corrected chi connectivity index (χ1v) is 7.54. The van der Waals surface area contributed by atoms with E-state index in [0.717, 1.165) is 5.56 Å². The van der Waals surface area contributed by atoms with E-state index >= 15 is 0 Å². The van der Waals surface area contributed by atoms with Crippen LogP contribution >= 0.6 is 11.6 Å². The predicted molar refractivity (Wildman–Crippen MR) is 89.7 cm³/mol. The van der Waals surface area contributed by atoms with E-state index in [-0.39, 0.29) is 13.2 Å². The molecule has 0 aliphatic heterocycles.